The molecule has 1 aromatic carbocycles. The molecule has 4 heterocycles. The average Bonchev–Trinajstić information content (AvgIpc) is 3.67. The molecule has 11 heteroatoms. The fourth-order valence-electron chi connectivity index (χ4n) is 6.08. The van der Waals surface area contributed by atoms with Crippen LogP contribution in [0.25, 0.3) is 5.69 Å². The highest BCUT2D eigenvalue weighted by Gasteiger charge is 2.30. The number of anilines is 1. The van der Waals surface area contributed by atoms with Gasteiger partial charge in [0.2, 0.25) is 5.96 Å². The van der Waals surface area contributed by atoms with Crippen LogP contribution in [0, 0.1) is 10.8 Å². The third-order valence-electron chi connectivity index (χ3n) is 8.51. The van der Waals surface area contributed by atoms with E-state index in [0.717, 1.165) is 61.5 Å². The van der Waals surface area contributed by atoms with E-state index in [1.807, 2.05) is 27.9 Å². The number of rotatable bonds is 7. The highest BCUT2D eigenvalue weighted by atomic mass is 16.5. The van der Waals surface area contributed by atoms with Gasteiger partial charge in [-0.3, -0.25) is 20.1 Å². The Labute approximate surface area is 258 Å². The summed E-state index contributed by atoms with van der Waals surface area (Å²) >= 11 is 0. The molecule has 4 aromatic rings. The lowest BCUT2D eigenvalue weighted by Crippen LogP contribution is -2.42. The maximum atomic E-state index is 9.37. The summed E-state index contributed by atoms with van der Waals surface area (Å²) in [7, 11) is 0. The van der Waals surface area contributed by atoms with Crippen LogP contribution in [0.4, 0.5) is 5.82 Å². The molecule has 1 fully saturated rings. The van der Waals surface area contributed by atoms with Gasteiger partial charge in [0.1, 0.15) is 28.8 Å². The summed E-state index contributed by atoms with van der Waals surface area (Å²) in [5.74, 6) is 1.88. The highest BCUT2D eigenvalue weighted by Crippen LogP contribution is 2.41. The van der Waals surface area contributed by atoms with E-state index in [4.69, 9.17) is 20.7 Å². The predicted octanol–water partition coefficient (Wildman–Crippen LogP) is 4.98. The first kappa shape index (κ1) is 29.7. The summed E-state index contributed by atoms with van der Waals surface area (Å²) in [6, 6.07) is 14.1. The number of likely N-dealkylation sites (tertiary alicyclic amines) is 1. The second-order valence-electron chi connectivity index (χ2n) is 12.8. The maximum Gasteiger partial charge on any atom is 0.203 e. The molecule has 0 bridgehead atoms. The zero-order valence-electron chi connectivity index (χ0n) is 25.8. The molecule has 1 aliphatic heterocycles. The molecule has 232 valence electrons. The van der Waals surface area contributed by atoms with Crippen LogP contribution in [0.15, 0.2) is 61.1 Å². The van der Waals surface area contributed by atoms with Crippen LogP contribution in [0.3, 0.4) is 0 Å². The van der Waals surface area contributed by atoms with Crippen LogP contribution >= 0.6 is 0 Å². The van der Waals surface area contributed by atoms with Crippen LogP contribution in [-0.4, -0.2) is 59.8 Å². The molecule has 2 aliphatic rings. The van der Waals surface area contributed by atoms with E-state index < -0.39 is 0 Å². The van der Waals surface area contributed by atoms with Gasteiger partial charge < -0.3 is 20.1 Å². The Morgan fingerprint density at radius 1 is 1.05 bits per heavy atom. The minimum absolute atomic E-state index is 0.0227. The van der Waals surface area contributed by atoms with Crippen molar-refractivity contribution in [1.29, 1.82) is 10.8 Å². The average molecular weight is 598 g/mol. The number of piperidine rings is 1. The second-order valence-corrected chi connectivity index (χ2v) is 12.8. The Kier molecular flexibility index (Phi) is 8.31. The number of benzene rings is 1. The van der Waals surface area contributed by atoms with Crippen molar-refractivity contribution < 1.29 is 9.84 Å². The molecular weight excluding hydrogens is 554 g/mol. The van der Waals surface area contributed by atoms with Gasteiger partial charge in [-0.1, -0.05) is 45.0 Å². The van der Waals surface area contributed by atoms with Crippen LogP contribution in [0.2, 0.25) is 0 Å². The smallest absolute Gasteiger partial charge is 0.203 e. The Hall–Kier alpha value is -4.38. The summed E-state index contributed by atoms with van der Waals surface area (Å²) in [5.41, 5.74) is 4.25. The van der Waals surface area contributed by atoms with Gasteiger partial charge >= 0.3 is 0 Å². The van der Waals surface area contributed by atoms with Gasteiger partial charge in [0.15, 0.2) is 0 Å². The number of hydrogen-bond donors (Lipinski definition) is 4. The first-order valence-electron chi connectivity index (χ1n) is 15.6. The van der Waals surface area contributed by atoms with Crippen molar-refractivity contribution >= 4 is 11.8 Å². The van der Waals surface area contributed by atoms with Gasteiger partial charge in [-0.2, -0.15) is 10.2 Å². The Morgan fingerprint density at radius 3 is 2.57 bits per heavy atom. The molecule has 3 aromatic heterocycles. The zero-order valence-corrected chi connectivity index (χ0v) is 25.8. The SMILES string of the molecule is CC(C)(C)c1cc(NC2CCC(Oc3ccc(=N)n(C(=N)N4CCCCC4)c3)c3ccccc32)n(-c2cnn(CCO)c2)n1. The third kappa shape index (κ3) is 6.14. The van der Waals surface area contributed by atoms with E-state index in [1.54, 1.807) is 27.7 Å². The lowest BCUT2D eigenvalue weighted by Gasteiger charge is -2.33. The van der Waals surface area contributed by atoms with Gasteiger partial charge in [0.25, 0.3) is 0 Å². The molecule has 44 heavy (non-hydrogen) atoms. The van der Waals surface area contributed by atoms with E-state index in [0.29, 0.717) is 18.3 Å². The molecule has 11 nitrogen and oxygen atoms in total. The number of hydrogen-bond acceptors (Lipinski definition) is 7. The molecule has 0 saturated carbocycles. The fourth-order valence-corrected chi connectivity index (χ4v) is 6.08. The van der Waals surface area contributed by atoms with Crippen LogP contribution in [0.1, 0.15) is 81.8 Å². The summed E-state index contributed by atoms with van der Waals surface area (Å²) in [6.45, 7) is 8.61. The third-order valence-corrected chi connectivity index (χ3v) is 8.51. The first-order chi connectivity index (χ1) is 21.2. The quantitative estimate of drug-likeness (QED) is 0.176. The number of ether oxygens (including phenoxy) is 1. The maximum absolute atomic E-state index is 9.37. The Morgan fingerprint density at radius 2 is 1.82 bits per heavy atom. The zero-order chi connectivity index (χ0) is 30.8. The molecule has 0 radical (unpaired) electrons. The molecule has 1 saturated heterocycles. The lowest BCUT2D eigenvalue weighted by molar-refractivity contribution is 0.177. The van der Waals surface area contributed by atoms with Gasteiger partial charge in [0, 0.05) is 24.6 Å². The molecule has 1 aliphatic carbocycles. The monoisotopic (exact) mass is 597 g/mol. The largest absolute Gasteiger partial charge is 0.484 e. The standard InChI is InChI=1S/C33H43N9O2/c1-33(2,3)29-19-31(42(38-29)23-20-36-40(21-23)17-18-43)37-27-12-13-28(26-10-6-5-9-25(26)27)44-24-11-14-30(34)41(22-24)32(35)39-15-7-4-8-16-39/h5-6,9-11,14,19-22,27-28,34-35,37,43H,4,7-8,12-13,15-18H2,1-3H3. The summed E-state index contributed by atoms with van der Waals surface area (Å²) in [6.07, 6.45) is 10.3. The van der Waals surface area contributed by atoms with E-state index in [-0.39, 0.29) is 29.7 Å². The Balaban J connectivity index is 1.25. The number of aliphatic hydroxyl groups excluding tert-OH is 1. The molecule has 2 unspecified atom stereocenters. The number of aliphatic hydroxyl groups is 1. The van der Waals surface area contributed by atoms with E-state index in [9.17, 15) is 5.11 Å². The van der Waals surface area contributed by atoms with Gasteiger partial charge in [-0.25, -0.2) is 4.68 Å². The topological polar surface area (TPSA) is 133 Å². The van der Waals surface area contributed by atoms with Crippen molar-refractivity contribution in [1.82, 2.24) is 29.0 Å². The summed E-state index contributed by atoms with van der Waals surface area (Å²) < 4.78 is 11.8. The van der Waals surface area contributed by atoms with Crippen LogP contribution in [-0.2, 0) is 12.0 Å². The molecule has 6 rings (SSSR count). The van der Waals surface area contributed by atoms with Crippen molar-refractivity contribution in [3.05, 3.63) is 83.4 Å². The lowest BCUT2D eigenvalue weighted by atomic mass is 9.85. The van der Waals surface area contributed by atoms with E-state index in [1.165, 1.54) is 12.0 Å². The van der Waals surface area contributed by atoms with E-state index in [2.05, 4.69) is 55.5 Å². The van der Waals surface area contributed by atoms with Crippen LogP contribution in [0.5, 0.6) is 5.75 Å². The number of aromatic nitrogens is 5. The molecule has 4 N–H and O–H groups in total. The first-order valence-corrected chi connectivity index (χ1v) is 15.6. The van der Waals surface area contributed by atoms with Gasteiger partial charge in [-0.05, 0) is 55.4 Å². The molecule has 0 amide bonds. The van der Waals surface area contributed by atoms with Crippen molar-refractivity contribution in [3.8, 4) is 11.4 Å². The molecule has 2 atom stereocenters. The van der Waals surface area contributed by atoms with Crippen molar-refractivity contribution in [2.24, 2.45) is 0 Å². The highest BCUT2D eigenvalue weighted by molar-refractivity contribution is 5.79. The second kappa shape index (κ2) is 12.3. The summed E-state index contributed by atoms with van der Waals surface area (Å²) in [4.78, 5) is 2.05. The van der Waals surface area contributed by atoms with Crippen molar-refractivity contribution in [2.75, 3.05) is 25.0 Å². The summed E-state index contributed by atoms with van der Waals surface area (Å²) in [5, 5.41) is 39.7. The van der Waals surface area contributed by atoms with Crippen molar-refractivity contribution in [2.45, 2.75) is 77.0 Å². The number of nitrogens with zero attached hydrogens (tertiary/aromatic N) is 6. The molecule has 0 spiro atoms. The minimum atomic E-state index is -0.148. The predicted molar refractivity (Wildman–Crippen MR) is 169 cm³/mol. The normalized spacial score (nSPS) is 18.6. The number of nitrogens with one attached hydrogen (secondary N) is 3. The van der Waals surface area contributed by atoms with Gasteiger partial charge in [-0.15, -0.1) is 0 Å². The van der Waals surface area contributed by atoms with Crippen molar-refractivity contribution in [3.63, 3.8) is 0 Å². The van der Waals surface area contributed by atoms with Gasteiger partial charge in [0.05, 0.1) is 43.5 Å². The molecular formula is C33H43N9O2. The minimum Gasteiger partial charge on any atom is -0.484 e. The number of pyridine rings is 1. The number of fused-ring (bicyclic) bond motifs is 1. The van der Waals surface area contributed by atoms with Crippen LogP contribution < -0.4 is 15.5 Å². The Bertz CT molecular complexity index is 1670. The van der Waals surface area contributed by atoms with E-state index >= 15 is 0 Å². The fraction of sp³-hybridized carbons (Fsp3) is 0.455.